The molecule has 1 aromatic rings. The average molecular weight is 193 g/mol. The van der Waals surface area contributed by atoms with E-state index in [2.05, 4.69) is 10.3 Å². The number of aliphatic carboxylic acids is 1. The Labute approximate surface area is 74.8 Å². The van der Waals surface area contributed by atoms with Gasteiger partial charge in [-0.1, -0.05) is 5.21 Å². The molecule has 0 amide bonds. The molecule has 3 N–H and O–H groups in total. The quantitative estimate of drug-likeness (QED) is 0.657. The largest absolute Gasteiger partial charge is 0.480 e. The Balaban J connectivity index is 0.00000121. The number of carboxylic acids is 1. The first-order valence-electron chi connectivity index (χ1n) is 3.03. The van der Waals surface area contributed by atoms with Crippen LogP contribution in [-0.4, -0.2) is 26.1 Å². The molecule has 68 valence electrons. The molecule has 7 heteroatoms. The smallest absolute Gasteiger partial charge is 0.325 e. The molecule has 0 fully saturated rings. The summed E-state index contributed by atoms with van der Waals surface area (Å²) >= 11 is 0. The molecule has 6 nitrogen and oxygen atoms in total. The number of hydrogen-bond acceptors (Lipinski definition) is 4. The van der Waals surface area contributed by atoms with Crippen LogP contribution in [0.5, 0.6) is 0 Å². The fourth-order valence-electron chi connectivity index (χ4n) is 0.648. The summed E-state index contributed by atoms with van der Waals surface area (Å²) < 4.78 is 1.23. The molecule has 0 spiro atoms. The van der Waals surface area contributed by atoms with Crippen molar-refractivity contribution in [1.29, 1.82) is 0 Å². The van der Waals surface area contributed by atoms with Crippen LogP contribution in [0.4, 0.5) is 0 Å². The Bertz CT molecular complexity index is 262. The van der Waals surface area contributed by atoms with E-state index in [-0.39, 0.29) is 25.5 Å². The number of carboxylic acid groups (broad SMARTS) is 1. The Morgan fingerprint density at radius 2 is 2.42 bits per heavy atom. The van der Waals surface area contributed by atoms with Gasteiger partial charge in [-0.25, -0.2) is 4.68 Å². The zero-order chi connectivity index (χ0) is 8.27. The van der Waals surface area contributed by atoms with Crippen LogP contribution in [0.15, 0.2) is 6.20 Å². The van der Waals surface area contributed by atoms with Crippen LogP contribution in [0.2, 0.25) is 0 Å². The van der Waals surface area contributed by atoms with E-state index in [1.165, 1.54) is 10.9 Å². The number of halogens is 1. The maximum atomic E-state index is 10.1. The third kappa shape index (κ3) is 2.85. The molecular formula is C5H9ClN4O2. The van der Waals surface area contributed by atoms with Gasteiger partial charge in [0.15, 0.2) is 0 Å². The van der Waals surface area contributed by atoms with Crippen molar-refractivity contribution < 1.29 is 9.90 Å². The van der Waals surface area contributed by atoms with Gasteiger partial charge in [0, 0.05) is 6.54 Å². The molecule has 0 radical (unpaired) electrons. The lowest BCUT2D eigenvalue weighted by Gasteiger charge is -1.90. The van der Waals surface area contributed by atoms with Gasteiger partial charge in [-0.3, -0.25) is 4.79 Å². The van der Waals surface area contributed by atoms with Crippen molar-refractivity contribution >= 4 is 18.4 Å². The summed E-state index contributed by atoms with van der Waals surface area (Å²) in [6, 6.07) is 0. The van der Waals surface area contributed by atoms with Gasteiger partial charge >= 0.3 is 5.97 Å². The second-order valence-electron chi connectivity index (χ2n) is 2.01. The van der Waals surface area contributed by atoms with E-state index >= 15 is 0 Å². The highest BCUT2D eigenvalue weighted by molar-refractivity contribution is 5.85. The fourth-order valence-corrected chi connectivity index (χ4v) is 0.648. The molecule has 0 saturated heterocycles. The van der Waals surface area contributed by atoms with Crippen molar-refractivity contribution in [2.75, 3.05) is 0 Å². The van der Waals surface area contributed by atoms with Crippen LogP contribution < -0.4 is 5.73 Å². The molecule has 0 unspecified atom stereocenters. The van der Waals surface area contributed by atoms with E-state index in [0.29, 0.717) is 5.69 Å². The van der Waals surface area contributed by atoms with Crippen molar-refractivity contribution in [3.8, 4) is 0 Å². The van der Waals surface area contributed by atoms with Crippen molar-refractivity contribution in [2.24, 2.45) is 5.73 Å². The lowest BCUT2D eigenvalue weighted by molar-refractivity contribution is -0.137. The summed E-state index contributed by atoms with van der Waals surface area (Å²) in [4.78, 5) is 10.1. The predicted molar refractivity (Wildman–Crippen MR) is 42.8 cm³/mol. The normalized spacial score (nSPS) is 9.08. The summed E-state index contributed by atoms with van der Waals surface area (Å²) in [6.07, 6.45) is 1.51. The maximum absolute atomic E-state index is 10.1. The van der Waals surface area contributed by atoms with Crippen LogP contribution in [0.25, 0.3) is 0 Å². The standard InChI is InChI=1S/C5H8N4O2.ClH/c6-1-4-2-9(8-7-4)3-5(10)11;/h2H,1,3,6H2,(H,10,11);1H. The number of hydrogen-bond donors (Lipinski definition) is 2. The molecule has 0 atom stereocenters. The first-order chi connectivity index (χ1) is 5.22. The van der Waals surface area contributed by atoms with E-state index in [0.717, 1.165) is 0 Å². The summed E-state index contributed by atoms with van der Waals surface area (Å²) in [5, 5.41) is 15.5. The summed E-state index contributed by atoms with van der Waals surface area (Å²) in [6.45, 7) is 0.104. The van der Waals surface area contributed by atoms with Gasteiger partial charge in [0.25, 0.3) is 0 Å². The molecule has 0 aromatic carbocycles. The Hall–Kier alpha value is -1.14. The highest BCUT2D eigenvalue weighted by Crippen LogP contribution is 1.89. The monoisotopic (exact) mass is 192 g/mol. The van der Waals surface area contributed by atoms with E-state index < -0.39 is 5.97 Å². The Morgan fingerprint density at radius 3 is 2.83 bits per heavy atom. The van der Waals surface area contributed by atoms with E-state index in [4.69, 9.17) is 10.8 Å². The number of nitrogens with two attached hydrogens (primary N) is 1. The summed E-state index contributed by atoms with van der Waals surface area (Å²) in [5.41, 5.74) is 5.82. The molecule has 1 aromatic heterocycles. The third-order valence-corrected chi connectivity index (χ3v) is 1.09. The highest BCUT2D eigenvalue weighted by Gasteiger charge is 2.01. The minimum Gasteiger partial charge on any atom is -0.480 e. The molecule has 0 aliphatic rings. The first kappa shape index (κ1) is 10.9. The number of rotatable bonds is 3. The van der Waals surface area contributed by atoms with Gasteiger partial charge in [0.1, 0.15) is 6.54 Å². The number of aromatic nitrogens is 3. The molecule has 0 aliphatic heterocycles. The third-order valence-electron chi connectivity index (χ3n) is 1.09. The van der Waals surface area contributed by atoms with Gasteiger partial charge in [-0.05, 0) is 0 Å². The second kappa shape index (κ2) is 4.68. The fraction of sp³-hybridized carbons (Fsp3) is 0.400. The van der Waals surface area contributed by atoms with Crippen molar-refractivity contribution in [2.45, 2.75) is 13.1 Å². The van der Waals surface area contributed by atoms with Gasteiger partial charge in [0.05, 0.1) is 11.9 Å². The van der Waals surface area contributed by atoms with Crippen molar-refractivity contribution in [3.63, 3.8) is 0 Å². The van der Waals surface area contributed by atoms with Gasteiger partial charge in [-0.2, -0.15) is 0 Å². The lowest BCUT2D eigenvalue weighted by atomic mass is 10.5. The van der Waals surface area contributed by atoms with Crippen LogP contribution in [0.3, 0.4) is 0 Å². The van der Waals surface area contributed by atoms with Crippen LogP contribution in [-0.2, 0) is 17.9 Å². The Kier molecular flexibility index (Phi) is 4.24. The second-order valence-corrected chi connectivity index (χ2v) is 2.01. The van der Waals surface area contributed by atoms with Crippen molar-refractivity contribution in [1.82, 2.24) is 15.0 Å². The molecule has 0 saturated carbocycles. The SMILES string of the molecule is Cl.NCc1cn(CC(=O)O)nn1. The summed E-state index contributed by atoms with van der Waals surface area (Å²) in [5.74, 6) is -0.946. The maximum Gasteiger partial charge on any atom is 0.325 e. The number of carbonyl (C=O) groups is 1. The topological polar surface area (TPSA) is 94.0 Å². The van der Waals surface area contributed by atoms with Gasteiger partial charge in [0.2, 0.25) is 0 Å². The molecule has 1 heterocycles. The van der Waals surface area contributed by atoms with Crippen LogP contribution in [0, 0.1) is 0 Å². The molecular weight excluding hydrogens is 184 g/mol. The lowest BCUT2D eigenvalue weighted by Crippen LogP contribution is -2.09. The Morgan fingerprint density at radius 1 is 1.75 bits per heavy atom. The zero-order valence-corrected chi connectivity index (χ0v) is 6.99. The number of nitrogens with zero attached hydrogens (tertiary/aromatic N) is 3. The molecule has 12 heavy (non-hydrogen) atoms. The minimum atomic E-state index is -0.946. The minimum absolute atomic E-state index is 0. The molecule has 1 rings (SSSR count). The van der Waals surface area contributed by atoms with Gasteiger partial charge in [-0.15, -0.1) is 17.5 Å². The molecule has 0 bridgehead atoms. The van der Waals surface area contributed by atoms with Crippen molar-refractivity contribution in [3.05, 3.63) is 11.9 Å². The van der Waals surface area contributed by atoms with E-state index in [1.807, 2.05) is 0 Å². The zero-order valence-electron chi connectivity index (χ0n) is 6.17. The first-order valence-corrected chi connectivity index (χ1v) is 3.03. The molecule has 0 aliphatic carbocycles. The highest BCUT2D eigenvalue weighted by atomic mass is 35.5. The summed E-state index contributed by atoms with van der Waals surface area (Å²) in [7, 11) is 0. The van der Waals surface area contributed by atoms with E-state index in [1.54, 1.807) is 0 Å². The predicted octanol–water partition coefficient (Wildman–Crippen LogP) is -0.757. The average Bonchev–Trinajstić information content (AvgIpc) is 2.34. The van der Waals surface area contributed by atoms with Gasteiger partial charge < -0.3 is 10.8 Å². The van der Waals surface area contributed by atoms with Crippen LogP contribution >= 0.6 is 12.4 Å². The van der Waals surface area contributed by atoms with Crippen LogP contribution in [0.1, 0.15) is 5.69 Å². The van der Waals surface area contributed by atoms with E-state index in [9.17, 15) is 4.79 Å².